The number of thiazole rings is 1. The van der Waals surface area contributed by atoms with E-state index in [-0.39, 0.29) is 17.9 Å². The van der Waals surface area contributed by atoms with Crippen molar-refractivity contribution in [3.8, 4) is 22.4 Å². The van der Waals surface area contributed by atoms with E-state index in [1.54, 1.807) is 28.9 Å². The van der Waals surface area contributed by atoms with Gasteiger partial charge in [-0.1, -0.05) is 6.07 Å². The molecule has 28 heavy (non-hydrogen) atoms. The molecular weight excluding hydrogens is 408 g/mol. The molecule has 0 saturated carbocycles. The molecule has 0 saturated heterocycles. The quantitative estimate of drug-likeness (QED) is 0.406. The van der Waals surface area contributed by atoms with Gasteiger partial charge >= 0.3 is 0 Å². The molecule has 0 aliphatic carbocycles. The van der Waals surface area contributed by atoms with Crippen LogP contribution in [0.3, 0.4) is 0 Å². The number of nitrogens with one attached hydrogen (secondary N) is 1. The summed E-state index contributed by atoms with van der Waals surface area (Å²) < 4.78 is 2.20. The Morgan fingerprint density at radius 3 is 2.64 bits per heavy atom. The van der Waals surface area contributed by atoms with Gasteiger partial charge in [-0.05, 0) is 63.8 Å². The molecule has 4 heterocycles. The van der Waals surface area contributed by atoms with E-state index in [0.29, 0.717) is 0 Å². The van der Waals surface area contributed by atoms with Gasteiger partial charge in [-0.25, -0.2) is 9.97 Å². The van der Waals surface area contributed by atoms with Crippen LogP contribution in [0.5, 0.6) is 0 Å². The fourth-order valence-corrected chi connectivity index (χ4v) is 4.45. The molecule has 4 rings (SSSR count). The van der Waals surface area contributed by atoms with Crippen LogP contribution in [0.2, 0.25) is 0 Å². The van der Waals surface area contributed by atoms with Crippen LogP contribution >= 0.6 is 35.1 Å². The maximum atomic E-state index is 4.89. The fourth-order valence-electron chi connectivity index (χ4n) is 2.73. The number of hydrogen-bond acceptors (Lipinski definition) is 5. The summed E-state index contributed by atoms with van der Waals surface area (Å²) in [6, 6.07) is 9.91. The van der Waals surface area contributed by atoms with Crippen LogP contribution in [0.4, 0.5) is 5.82 Å². The maximum absolute atomic E-state index is 4.89. The van der Waals surface area contributed by atoms with Crippen molar-refractivity contribution in [2.75, 3.05) is 5.32 Å². The lowest BCUT2D eigenvalue weighted by molar-refractivity contribution is 0.629. The number of pyridine rings is 1. The van der Waals surface area contributed by atoms with E-state index in [4.69, 9.17) is 4.98 Å². The highest BCUT2D eigenvalue weighted by Gasteiger charge is 2.22. The molecule has 0 bridgehead atoms. The van der Waals surface area contributed by atoms with Crippen molar-refractivity contribution in [1.29, 1.82) is 0 Å². The summed E-state index contributed by atoms with van der Waals surface area (Å²) >= 11 is 3.32. The highest BCUT2D eigenvalue weighted by atomic mass is 35.5. The first-order valence-corrected chi connectivity index (χ1v) is 10.4. The first kappa shape index (κ1) is 20.4. The molecular formula is C21H21ClN4S2. The van der Waals surface area contributed by atoms with Crippen molar-refractivity contribution in [3.63, 3.8) is 0 Å². The van der Waals surface area contributed by atoms with Gasteiger partial charge in [-0.15, -0.1) is 35.1 Å². The third-order valence-corrected chi connectivity index (χ3v) is 5.80. The number of hydrogen-bond donors (Lipinski definition) is 1. The van der Waals surface area contributed by atoms with Gasteiger partial charge < -0.3 is 5.32 Å². The van der Waals surface area contributed by atoms with Crippen molar-refractivity contribution in [3.05, 3.63) is 58.2 Å². The van der Waals surface area contributed by atoms with E-state index in [1.165, 1.54) is 5.69 Å². The Labute approximate surface area is 179 Å². The van der Waals surface area contributed by atoms with Crippen LogP contribution in [-0.4, -0.2) is 19.9 Å². The number of aryl methyl sites for hydroxylation is 1. The van der Waals surface area contributed by atoms with Crippen molar-refractivity contribution in [2.45, 2.75) is 33.2 Å². The minimum Gasteiger partial charge on any atom is -0.365 e. The normalized spacial score (nSPS) is 11.0. The fraction of sp³-hybridized carbons (Fsp3) is 0.238. The summed E-state index contributed by atoms with van der Waals surface area (Å²) in [5.41, 5.74) is 2.89. The van der Waals surface area contributed by atoms with Crippen molar-refractivity contribution in [2.24, 2.45) is 0 Å². The molecule has 1 N–H and O–H groups in total. The second-order valence-corrected chi connectivity index (χ2v) is 9.23. The van der Waals surface area contributed by atoms with E-state index in [0.717, 1.165) is 31.9 Å². The number of thiophene rings is 1. The third kappa shape index (κ3) is 4.22. The van der Waals surface area contributed by atoms with Gasteiger partial charge in [0.05, 0.1) is 9.75 Å². The lowest BCUT2D eigenvalue weighted by Crippen LogP contribution is -2.27. The van der Waals surface area contributed by atoms with Gasteiger partial charge in [0.1, 0.15) is 17.2 Å². The standard InChI is InChI=1S/C21H20N4S2.ClH/c1-14-13-26-20-23-18(19(25(14)20)24-21(2,3)4)17-11-10-16(27-17)9-8-15-7-5-6-12-22-15;/h5-7,10-13,24H,1-4H3;1H. The molecule has 0 fully saturated rings. The smallest absolute Gasteiger partial charge is 0.196 e. The summed E-state index contributed by atoms with van der Waals surface area (Å²) in [6.07, 6.45) is 1.76. The molecule has 0 radical (unpaired) electrons. The predicted octanol–water partition coefficient (Wildman–Crippen LogP) is 5.86. The third-order valence-electron chi connectivity index (χ3n) is 3.85. The van der Waals surface area contributed by atoms with Crippen LogP contribution in [-0.2, 0) is 0 Å². The van der Waals surface area contributed by atoms with E-state index >= 15 is 0 Å². The van der Waals surface area contributed by atoms with Crippen LogP contribution in [0.1, 0.15) is 37.0 Å². The van der Waals surface area contributed by atoms with Crippen molar-refractivity contribution in [1.82, 2.24) is 14.4 Å². The molecule has 4 nitrogen and oxygen atoms in total. The predicted molar refractivity (Wildman–Crippen MR) is 122 cm³/mol. The SMILES string of the molecule is Cc1csc2nc(-c3ccc(C#Cc4ccccn4)s3)c(NC(C)(C)C)n12.Cl. The minimum atomic E-state index is -0.0576. The number of aromatic nitrogens is 3. The molecule has 4 aromatic rings. The van der Waals surface area contributed by atoms with Gasteiger partial charge in [-0.2, -0.15) is 0 Å². The van der Waals surface area contributed by atoms with Gasteiger partial charge in [0.15, 0.2) is 4.96 Å². The zero-order valence-electron chi connectivity index (χ0n) is 16.1. The largest absolute Gasteiger partial charge is 0.365 e. The molecule has 0 spiro atoms. The molecule has 4 aromatic heterocycles. The highest BCUT2D eigenvalue weighted by molar-refractivity contribution is 7.16. The lowest BCUT2D eigenvalue weighted by Gasteiger charge is -2.22. The summed E-state index contributed by atoms with van der Waals surface area (Å²) in [5, 5.41) is 5.77. The monoisotopic (exact) mass is 428 g/mol. The van der Waals surface area contributed by atoms with Crippen LogP contribution in [0.15, 0.2) is 41.9 Å². The number of imidazole rings is 1. The van der Waals surface area contributed by atoms with Crippen molar-refractivity contribution >= 4 is 45.9 Å². The van der Waals surface area contributed by atoms with Gasteiger partial charge in [0, 0.05) is 22.8 Å². The molecule has 144 valence electrons. The topological polar surface area (TPSA) is 42.2 Å². The first-order valence-electron chi connectivity index (χ1n) is 8.69. The Morgan fingerprint density at radius 1 is 1.11 bits per heavy atom. The molecule has 0 aromatic carbocycles. The molecule has 7 heteroatoms. The second-order valence-electron chi connectivity index (χ2n) is 7.31. The number of halogens is 1. The Bertz CT molecular complexity index is 1150. The molecule has 0 unspecified atom stereocenters. The Morgan fingerprint density at radius 2 is 1.93 bits per heavy atom. The lowest BCUT2D eigenvalue weighted by atomic mass is 10.1. The van der Waals surface area contributed by atoms with Crippen molar-refractivity contribution < 1.29 is 0 Å². The number of nitrogens with zero attached hydrogens (tertiary/aromatic N) is 3. The van der Waals surface area contributed by atoms with Gasteiger partial charge in [0.25, 0.3) is 0 Å². The van der Waals surface area contributed by atoms with E-state index in [2.05, 4.69) is 71.8 Å². The summed E-state index contributed by atoms with van der Waals surface area (Å²) in [7, 11) is 0. The number of rotatable bonds is 2. The van der Waals surface area contributed by atoms with Crippen LogP contribution in [0, 0.1) is 18.8 Å². The van der Waals surface area contributed by atoms with Gasteiger partial charge in [-0.3, -0.25) is 4.40 Å². The zero-order valence-corrected chi connectivity index (χ0v) is 18.6. The number of fused-ring (bicyclic) bond motifs is 1. The van der Waals surface area contributed by atoms with Gasteiger partial charge in [0.2, 0.25) is 0 Å². The molecule has 0 atom stereocenters. The minimum absolute atomic E-state index is 0. The Kier molecular flexibility index (Phi) is 5.80. The average Bonchev–Trinajstić information content (AvgIpc) is 3.30. The molecule has 0 aliphatic rings. The summed E-state index contributed by atoms with van der Waals surface area (Å²) in [4.78, 5) is 12.3. The highest BCUT2D eigenvalue weighted by Crippen LogP contribution is 2.37. The van der Waals surface area contributed by atoms with E-state index < -0.39 is 0 Å². The second kappa shape index (κ2) is 7.96. The first-order chi connectivity index (χ1) is 12.9. The Balaban J connectivity index is 0.00000225. The maximum Gasteiger partial charge on any atom is 0.196 e. The Hall–Kier alpha value is -2.33. The van der Waals surface area contributed by atoms with Crippen LogP contribution in [0.25, 0.3) is 15.5 Å². The van der Waals surface area contributed by atoms with Crippen LogP contribution < -0.4 is 5.32 Å². The van der Waals surface area contributed by atoms with E-state index in [9.17, 15) is 0 Å². The average molecular weight is 429 g/mol. The summed E-state index contributed by atoms with van der Waals surface area (Å²) in [5.74, 6) is 7.37. The molecule has 0 aliphatic heterocycles. The molecule has 0 amide bonds. The van der Waals surface area contributed by atoms with E-state index in [1.807, 2.05) is 18.2 Å². The number of anilines is 1. The summed E-state index contributed by atoms with van der Waals surface area (Å²) in [6.45, 7) is 8.60. The zero-order chi connectivity index (χ0) is 19.0.